The molecule has 6 nitrogen and oxygen atoms in total. The van der Waals surface area contributed by atoms with Gasteiger partial charge in [0.25, 0.3) is 5.91 Å². The van der Waals surface area contributed by atoms with Crippen molar-refractivity contribution in [3.63, 3.8) is 0 Å². The molecule has 0 saturated carbocycles. The van der Waals surface area contributed by atoms with Gasteiger partial charge in [0.05, 0.1) is 18.4 Å². The van der Waals surface area contributed by atoms with Crippen LogP contribution in [0.1, 0.15) is 6.92 Å². The van der Waals surface area contributed by atoms with E-state index in [1.54, 1.807) is 37.1 Å². The van der Waals surface area contributed by atoms with E-state index in [2.05, 4.69) is 5.32 Å². The maximum absolute atomic E-state index is 11.8. The number of benzene rings is 1. The summed E-state index contributed by atoms with van der Waals surface area (Å²) in [6.07, 6.45) is -1.29. The number of amides is 1. The third kappa shape index (κ3) is 2.80. The summed E-state index contributed by atoms with van der Waals surface area (Å²) in [5.74, 6) is 0.558. The molecular formula is C13H18N2O4. The largest absolute Gasteiger partial charge is 0.479 e. The molecule has 0 fully saturated rings. The lowest BCUT2D eigenvalue weighted by Gasteiger charge is -2.30. The average Bonchev–Trinajstić information content (AvgIpc) is 2.42. The highest BCUT2D eigenvalue weighted by atomic mass is 16.5. The molecule has 3 N–H and O–H groups in total. The van der Waals surface area contributed by atoms with Crippen LogP contribution >= 0.6 is 0 Å². The van der Waals surface area contributed by atoms with Crippen molar-refractivity contribution in [1.29, 1.82) is 0 Å². The fraction of sp³-hybridized carbons (Fsp3) is 0.462. The number of nitrogens with zero attached hydrogens (tertiary/aromatic N) is 1. The Labute approximate surface area is 111 Å². The number of rotatable bonds is 4. The van der Waals surface area contributed by atoms with E-state index in [0.717, 1.165) is 5.69 Å². The van der Waals surface area contributed by atoms with E-state index in [1.807, 2.05) is 0 Å². The maximum atomic E-state index is 11.8. The second-order valence-corrected chi connectivity index (χ2v) is 4.56. The lowest BCUT2D eigenvalue weighted by molar-refractivity contribution is -0.125. The van der Waals surface area contributed by atoms with Crippen LogP contribution in [0.3, 0.4) is 0 Å². The molecule has 0 bridgehead atoms. The van der Waals surface area contributed by atoms with Crippen molar-refractivity contribution in [3.05, 3.63) is 18.2 Å². The second-order valence-electron chi connectivity index (χ2n) is 4.56. The average molecular weight is 266 g/mol. The van der Waals surface area contributed by atoms with Crippen LogP contribution in [0.25, 0.3) is 0 Å². The highest BCUT2D eigenvalue weighted by Gasteiger charge is 2.28. The molecule has 0 radical (unpaired) electrons. The van der Waals surface area contributed by atoms with Crippen LogP contribution in [-0.2, 0) is 4.79 Å². The fourth-order valence-corrected chi connectivity index (χ4v) is 1.92. The van der Waals surface area contributed by atoms with Crippen LogP contribution in [0.2, 0.25) is 0 Å². The summed E-state index contributed by atoms with van der Waals surface area (Å²) in [5.41, 5.74) is 1.44. The molecule has 1 heterocycles. The number of anilines is 2. The Morgan fingerprint density at radius 1 is 1.53 bits per heavy atom. The van der Waals surface area contributed by atoms with E-state index in [1.165, 1.54) is 0 Å². The van der Waals surface area contributed by atoms with E-state index in [4.69, 9.17) is 9.84 Å². The number of ether oxygens (including phenoxy) is 1. The minimum absolute atomic E-state index is 0.0972. The van der Waals surface area contributed by atoms with E-state index in [-0.39, 0.29) is 19.1 Å². The van der Waals surface area contributed by atoms with E-state index >= 15 is 0 Å². The van der Waals surface area contributed by atoms with Crippen molar-refractivity contribution in [2.75, 3.05) is 30.4 Å². The fourth-order valence-electron chi connectivity index (χ4n) is 1.92. The number of aliphatic hydroxyl groups is 2. The van der Waals surface area contributed by atoms with Gasteiger partial charge in [0, 0.05) is 19.3 Å². The van der Waals surface area contributed by atoms with E-state index < -0.39 is 12.2 Å². The van der Waals surface area contributed by atoms with Crippen LogP contribution < -0.4 is 15.0 Å². The first-order chi connectivity index (χ1) is 9.02. The molecule has 2 unspecified atom stereocenters. The summed E-state index contributed by atoms with van der Waals surface area (Å²) >= 11 is 0. The van der Waals surface area contributed by atoms with Gasteiger partial charge in [-0.1, -0.05) is 0 Å². The standard InChI is InChI=1S/C13H18N2O4/c1-8-13(18)15(2)11-5-9(3-4-12(11)19-8)14-6-10(17)7-16/h3-5,8,10,14,16-17H,6-7H2,1-2H3. The number of hydrogen-bond donors (Lipinski definition) is 3. The number of fused-ring (bicyclic) bond motifs is 1. The summed E-state index contributed by atoms with van der Waals surface area (Å²) in [6.45, 7) is 1.66. The lowest BCUT2D eigenvalue weighted by atomic mass is 10.2. The zero-order chi connectivity index (χ0) is 14.0. The number of likely N-dealkylation sites (N-methyl/N-ethyl adjacent to an activating group) is 1. The quantitative estimate of drug-likeness (QED) is 0.725. The van der Waals surface area contributed by atoms with Gasteiger partial charge in [-0.3, -0.25) is 4.79 Å². The van der Waals surface area contributed by atoms with Gasteiger partial charge in [-0.2, -0.15) is 0 Å². The highest BCUT2D eigenvalue weighted by Crippen LogP contribution is 2.35. The lowest BCUT2D eigenvalue weighted by Crippen LogP contribution is -2.42. The minimum atomic E-state index is -0.813. The van der Waals surface area contributed by atoms with Gasteiger partial charge in [0.2, 0.25) is 0 Å². The van der Waals surface area contributed by atoms with Crippen molar-refractivity contribution in [1.82, 2.24) is 0 Å². The summed E-state index contributed by atoms with van der Waals surface area (Å²) in [7, 11) is 1.70. The SMILES string of the molecule is CC1Oc2ccc(NCC(O)CO)cc2N(C)C1=O. The Hall–Kier alpha value is -1.79. The Bertz CT molecular complexity index is 478. The zero-order valence-electron chi connectivity index (χ0n) is 11.0. The smallest absolute Gasteiger partial charge is 0.267 e. The molecule has 19 heavy (non-hydrogen) atoms. The summed E-state index contributed by atoms with van der Waals surface area (Å²) < 4.78 is 5.51. The number of nitrogens with one attached hydrogen (secondary N) is 1. The molecule has 1 aliphatic rings. The predicted octanol–water partition coefficient (Wildman–Crippen LogP) is 0.195. The van der Waals surface area contributed by atoms with Gasteiger partial charge < -0.3 is 25.2 Å². The third-order valence-corrected chi connectivity index (χ3v) is 3.05. The Morgan fingerprint density at radius 3 is 2.95 bits per heavy atom. The zero-order valence-corrected chi connectivity index (χ0v) is 11.0. The van der Waals surface area contributed by atoms with Gasteiger partial charge in [0.1, 0.15) is 5.75 Å². The van der Waals surface area contributed by atoms with Crippen molar-refractivity contribution >= 4 is 17.3 Å². The Kier molecular flexibility index (Phi) is 3.92. The van der Waals surface area contributed by atoms with Crippen molar-refractivity contribution < 1.29 is 19.7 Å². The first kappa shape index (κ1) is 13.6. The molecule has 1 amide bonds. The van der Waals surface area contributed by atoms with Crippen LogP contribution in [0.4, 0.5) is 11.4 Å². The van der Waals surface area contributed by atoms with Crippen LogP contribution in [0.5, 0.6) is 5.75 Å². The van der Waals surface area contributed by atoms with Crippen molar-refractivity contribution in [3.8, 4) is 5.75 Å². The third-order valence-electron chi connectivity index (χ3n) is 3.05. The normalized spacial score (nSPS) is 19.7. The summed E-state index contributed by atoms with van der Waals surface area (Å²) in [5, 5.41) is 21.0. The molecule has 0 aromatic heterocycles. The molecule has 1 aromatic rings. The van der Waals surface area contributed by atoms with Crippen LogP contribution in [-0.4, -0.2) is 48.5 Å². The maximum Gasteiger partial charge on any atom is 0.267 e. The highest BCUT2D eigenvalue weighted by molar-refractivity contribution is 5.99. The molecular weight excluding hydrogens is 248 g/mol. The Balaban J connectivity index is 2.17. The molecule has 1 aliphatic heterocycles. The molecule has 0 spiro atoms. The second kappa shape index (κ2) is 5.46. The number of hydrogen-bond acceptors (Lipinski definition) is 5. The predicted molar refractivity (Wildman–Crippen MR) is 71.5 cm³/mol. The molecule has 104 valence electrons. The minimum Gasteiger partial charge on any atom is -0.479 e. The van der Waals surface area contributed by atoms with Gasteiger partial charge in [-0.05, 0) is 25.1 Å². The Morgan fingerprint density at radius 2 is 2.26 bits per heavy atom. The molecule has 0 saturated heterocycles. The first-order valence-electron chi connectivity index (χ1n) is 6.14. The van der Waals surface area contributed by atoms with Crippen LogP contribution in [0, 0.1) is 0 Å². The monoisotopic (exact) mass is 266 g/mol. The summed E-state index contributed by atoms with van der Waals surface area (Å²) in [4.78, 5) is 13.4. The molecule has 1 aromatic carbocycles. The van der Waals surface area contributed by atoms with E-state index in [0.29, 0.717) is 11.4 Å². The molecule has 2 rings (SSSR count). The van der Waals surface area contributed by atoms with Gasteiger partial charge in [-0.25, -0.2) is 0 Å². The summed E-state index contributed by atoms with van der Waals surface area (Å²) in [6, 6.07) is 5.37. The number of aliphatic hydroxyl groups excluding tert-OH is 2. The molecule has 6 heteroatoms. The number of carbonyl (C=O) groups excluding carboxylic acids is 1. The first-order valence-corrected chi connectivity index (χ1v) is 6.14. The number of carbonyl (C=O) groups is 1. The topological polar surface area (TPSA) is 82.0 Å². The van der Waals surface area contributed by atoms with Gasteiger partial charge >= 0.3 is 0 Å². The molecule has 2 atom stereocenters. The van der Waals surface area contributed by atoms with E-state index in [9.17, 15) is 9.90 Å². The molecule has 0 aliphatic carbocycles. The van der Waals surface area contributed by atoms with Gasteiger partial charge in [0.15, 0.2) is 6.10 Å². The van der Waals surface area contributed by atoms with Crippen LogP contribution in [0.15, 0.2) is 18.2 Å². The van der Waals surface area contributed by atoms with Gasteiger partial charge in [-0.15, -0.1) is 0 Å². The van der Waals surface area contributed by atoms with Crippen molar-refractivity contribution in [2.24, 2.45) is 0 Å². The van der Waals surface area contributed by atoms with Crippen molar-refractivity contribution in [2.45, 2.75) is 19.1 Å².